The molecule has 1 fully saturated rings. The van der Waals surface area contributed by atoms with Gasteiger partial charge in [-0.1, -0.05) is 5.57 Å². The largest absolute Gasteiger partial charge is 0.427 e. The summed E-state index contributed by atoms with van der Waals surface area (Å²) in [4.78, 5) is 20.6. The molecule has 0 bridgehead atoms. The van der Waals surface area contributed by atoms with Gasteiger partial charge >= 0.3 is 12.4 Å². The highest BCUT2D eigenvalue weighted by Crippen LogP contribution is 2.52. The van der Waals surface area contributed by atoms with E-state index >= 15 is 0 Å². The highest BCUT2D eigenvalue weighted by Gasteiger charge is 2.54. The molecule has 3 aromatic heterocycles. The lowest BCUT2D eigenvalue weighted by molar-refractivity contribution is -0.140. The van der Waals surface area contributed by atoms with Crippen LogP contribution in [0.5, 0.6) is 0 Å². The summed E-state index contributed by atoms with van der Waals surface area (Å²) in [5.74, 6) is -1.36. The maximum atomic E-state index is 14.3. The highest BCUT2D eigenvalue weighted by molar-refractivity contribution is 7.89. The van der Waals surface area contributed by atoms with Gasteiger partial charge in [0.25, 0.3) is 10.0 Å². The predicted molar refractivity (Wildman–Crippen MR) is 150 cm³/mol. The first-order valence-corrected chi connectivity index (χ1v) is 15.9. The van der Waals surface area contributed by atoms with Crippen LogP contribution in [0.25, 0.3) is 11.8 Å². The van der Waals surface area contributed by atoms with Crippen LogP contribution in [-0.4, -0.2) is 61.6 Å². The van der Waals surface area contributed by atoms with Crippen molar-refractivity contribution in [3.63, 3.8) is 0 Å². The SMILES string of the molecule is Cn1cnc(S(=O)(=O)N(CC(F)(F)F)[C@H]2CCC3=Cc4c(cnn4-c4ccc(F)cc4)C[C@]3(C(=O)c3ncc(C(F)(F)F)s3)C2)c1. The van der Waals surface area contributed by atoms with Gasteiger partial charge in [0.2, 0.25) is 5.78 Å². The number of alkyl halides is 6. The Morgan fingerprint density at radius 2 is 1.83 bits per heavy atom. The molecule has 6 rings (SSSR count). The van der Waals surface area contributed by atoms with E-state index in [0.29, 0.717) is 28.7 Å². The molecule has 0 radical (unpaired) electrons. The Morgan fingerprint density at radius 3 is 2.43 bits per heavy atom. The second-order valence-electron chi connectivity index (χ2n) is 11.2. The van der Waals surface area contributed by atoms with Gasteiger partial charge < -0.3 is 4.57 Å². The average Bonchev–Trinajstić information content (AvgIpc) is 3.74. The van der Waals surface area contributed by atoms with Crippen LogP contribution in [0.4, 0.5) is 30.7 Å². The summed E-state index contributed by atoms with van der Waals surface area (Å²) >= 11 is 0.108. The minimum atomic E-state index is -4.97. The molecule has 18 heteroatoms. The monoisotopic (exact) mass is 688 g/mol. The fourth-order valence-corrected chi connectivity index (χ4v) is 8.49. The molecule has 2 atom stereocenters. The van der Waals surface area contributed by atoms with Gasteiger partial charge in [0, 0.05) is 19.3 Å². The lowest BCUT2D eigenvalue weighted by Gasteiger charge is -2.46. The van der Waals surface area contributed by atoms with Crippen molar-refractivity contribution in [2.45, 2.75) is 49.1 Å². The number of carbonyl (C=O) groups excluding carboxylic acids is 1. The molecule has 1 saturated carbocycles. The Kier molecular flexibility index (Phi) is 7.75. The minimum absolute atomic E-state index is 0.0615. The quantitative estimate of drug-likeness (QED) is 0.179. The van der Waals surface area contributed by atoms with Crippen LogP contribution >= 0.6 is 11.3 Å². The standard InChI is InChI=1S/C28H23F7N6O3S2/c1-39-13-23(37-15-39)46(43,44)40(14-27(30,31)32)20-5-2-17-8-21-16(11-38-41(21)19-6-3-18(29)4-7-19)9-26(17,10-20)24(42)25-36-12-22(45-25)28(33,34)35/h3-4,6-8,11-13,15,20H,2,5,9-10,14H2,1H3/t20-,26-/m0/s1. The van der Waals surface area contributed by atoms with E-state index in [1.54, 1.807) is 6.08 Å². The number of thiazole rings is 1. The number of hydrogen-bond donors (Lipinski definition) is 0. The summed E-state index contributed by atoms with van der Waals surface area (Å²) in [6.07, 6.45) is -4.93. The normalized spacial score (nSPS) is 20.4. The molecule has 46 heavy (non-hydrogen) atoms. The van der Waals surface area contributed by atoms with E-state index in [1.165, 1.54) is 46.8 Å². The Labute approximate surface area is 261 Å². The number of rotatable bonds is 7. The van der Waals surface area contributed by atoms with Gasteiger partial charge in [-0.25, -0.2) is 27.5 Å². The van der Waals surface area contributed by atoms with Crippen molar-refractivity contribution >= 4 is 33.2 Å². The third-order valence-corrected chi connectivity index (χ3v) is 10.9. The van der Waals surface area contributed by atoms with Crippen LogP contribution in [0.3, 0.4) is 0 Å². The molecule has 0 unspecified atom stereocenters. The van der Waals surface area contributed by atoms with E-state index in [1.807, 2.05) is 0 Å². The molecular weight excluding hydrogens is 665 g/mol. The molecule has 2 aliphatic carbocycles. The van der Waals surface area contributed by atoms with Gasteiger partial charge in [-0.05, 0) is 61.6 Å². The maximum Gasteiger partial charge on any atom is 0.427 e. The zero-order valence-electron chi connectivity index (χ0n) is 23.7. The van der Waals surface area contributed by atoms with Crippen molar-refractivity contribution in [1.29, 1.82) is 0 Å². The van der Waals surface area contributed by atoms with Crippen molar-refractivity contribution in [2.75, 3.05) is 6.54 Å². The number of benzene rings is 1. The van der Waals surface area contributed by atoms with Crippen LogP contribution in [0.2, 0.25) is 0 Å². The first kappa shape index (κ1) is 32.1. The highest BCUT2D eigenvalue weighted by atomic mass is 32.2. The minimum Gasteiger partial charge on any atom is -0.339 e. The van der Waals surface area contributed by atoms with Gasteiger partial charge in [-0.15, -0.1) is 11.3 Å². The van der Waals surface area contributed by atoms with E-state index in [9.17, 15) is 43.9 Å². The van der Waals surface area contributed by atoms with Gasteiger partial charge in [0.05, 0.1) is 35.5 Å². The topological polar surface area (TPSA) is 103 Å². The number of allylic oxidation sites excluding steroid dienone is 1. The number of carbonyl (C=O) groups is 1. The number of aryl methyl sites for hydroxylation is 1. The van der Waals surface area contributed by atoms with Crippen molar-refractivity contribution in [1.82, 2.24) is 28.6 Å². The Morgan fingerprint density at radius 1 is 1.11 bits per heavy atom. The fourth-order valence-electron chi connectivity index (χ4n) is 6.06. The molecule has 2 aliphatic rings. The third-order valence-electron chi connectivity index (χ3n) is 8.12. The second kappa shape index (κ2) is 11.1. The zero-order valence-corrected chi connectivity index (χ0v) is 25.3. The number of Topliss-reactive ketones (excluding diaryl/α,β-unsaturated/α-hetero) is 1. The molecule has 0 amide bonds. The van der Waals surface area contributed by atoms with Gasteiger partial charge in [-0.2, -0.15) is 35.7 Å². The van der Waals surface area contributed by atoms with Crippen molar-refractivity contribution in [3.8, 4) is 5.69 Å². The predicted octanol–water partition coefficient (Wildman–Crippen LogP) is 5.83. The smallest absolute Gasteiger partial charge is 0.339 e. The number of nitrogens with zero attached hydrogens (tertiary/aromatic N) is 6. The lowest BCUT2D eigenvalue weighted by Crippen LogP contribution is -2.52. The summed E-state index contributed by atoms with van der Waals surface area (Å²) in [6, 6.07) is 3.99. The zero-order chi connectivity index (χ0) is 33.2. The molecular formula is C28H23F7N6O3S2. The summed E-state index contributed by atoms with van der Waals surface area (Å²) in [6.45, 7) is -1.87. The van der Waals surface area contributed by atoms with E-state index in [-0.39, 0.29) is 34.9 Å². The Hall–Kier alpha value is -3.90. The molecule has 3 heterocycles. The van der Waals surface area contributed by atoms with Crippen LogP contribution < -0.4 is 0 Å². The molecule has 0 aliphatic heterocycles. The van der Waals surface area contributed by atoms with Gasteiger partial charge in [0.1, 0.15) is 17.2 Å². The van der Waals surface area contributed by atoms with Crippen molar-refractivity contribution < 1.29 is 43.9 Å². The van der Waals surface area contributed by atoms with Crippen LogP contribution in [-0.2, 0) is 29.7 Å². The molecule has 244 valence electrons. The van der Waals surface area contributed by atoms with Crippen molar-refractivity contribution in [3.05, 3.63) is 81.7 Å². The van der Waals surface area contributed by atoms with Crippen molar-refractivity contribution in [2.24, 2.45) is 12.5 Å². The number of imidazole rings is 1. The first-order valence-electron chi connectivity index (χ1n) is 13.7. The average molecular weight is 689 g/mol. The third kappa shape index (κ3) is 5.77. The van der Waals surface area contributed by atoms with E-state index in [4.69, 9.17) is 0 Å². The maximum absolute atomic E-state index is 14.3. The Balaban J connectivity index is 1.46. The van der Waals surface area contributed by atoms with E-state index in [0.717, 1.165) is 12.5 Å². The molecule has 0 saturated heterocycles. The lowest BCUT2D eigenvalue weighted by atomic mass is 9.61. The van der Waals surface area contributed by atoms with Gasteiger partial charge in [-0.3, -0.25) is 4.79 Å². The number of aromatic nitrogens is 5. The number of ketones is 1. The summed E-state index contributed by atoms with van der Waals surface area (Å²) in [5, 5.41) is 3.22. The Bertz CT molecular complexity index is 1940. The molecule has 0 spiro atoms. The molecule has 9 nitrogen and oxygen atoms in total. The number of halogens is 7. The first-order chi connectivity index (χ1) is 21.5. The van der Waals surface area contributed by atoms with Crippen LogP contribution in [0.15, 0.2) is 59.8 Å². The summed E-state index contributed by atoms with van der Waals surface area (Å²) in [7, 11) is -3.39. The molecule has 0 N–H and O–H groups in total. The number of hydrogen-bond acceptors (Lipinski definition) is 7. The summed E-state index contributed by atoms with van der Waals surface area (Å²) < 4.78 is 126. The van der Waals surface area contributed by atoms with Crippen LogP contribution in [0, 0.1) is 11.2 Å². The van der Waals surface area contributed by atoms with Crippen LogP contribution in [0.1, 0.15) is 45.2 Å². The summed E-state index contributed by atoms with van der Waals surface area (Å²) in [5.41, 5.74) is 0.0451. The fraction of sp³-hybridized carbons (Fsp3) is 0.357. The van der Waals surface area contributed by atoms with Gasteiger partial charge in [0.15, 0.2) is 10.0 Å². The molecule has 1 aromatic carbocycles. The van der Waals surface area contributed by atoms with E-state index < -0.39 is 73.3 Å². The second-order valence-corrected chi connectivity index (χ2v) is 14.0. The number of fused-ring (bicyclic) bond motifs is 2. The number of sulfonamides is 1. The van der Waals surface area contributed by atoms with E-state index in [2.05, 4.69) is 15.1 Å². The molecule has 4 aromatic rings.